The lowest BCUT2D eigenvalue weighted by Gasteiger charge is -2.28. The molecule has 1 aliphatic heterocycles. The summed E-state index contributed by atoms with van der Waals surface area (Å²) < 4.78 is 5.68. The molecule has 4 rings (SSSR count). The van der Waals surface area contributed by atoms with Crippen LogP contribution in [0.1, 0.15) is 41.8 Å². The fraction of sp³-hybridized carbons (Fsp3) is 0.321. The molecule has 0 radical (unpaired) electrons. The number of methoxy groups -OCH3 is 1. The van der Waals surface area contributed by atoms with Crippen LogP contribution in [0.15, 0.2) is 54.6 Å². The van der Waals surface area contributed by atoms with Crippen molar-refractivity contribution in [3.63, 3.8) is 0 Å². The van der Waals surface area contributed by atoms with E-state index in [0.717, 1.165) is 27.6 Å². The van der Waals surface area contributed by atoms with E-state index in [9.17, 15) is 14.4 Å². The molecule has 0 saturated carbocycles. The van der Waals surface area contributed by atoms with Crippen molar-refractivity contribution in [3.8, 4) is 5.75 Å². The second kappa shape index (κ2) is 10.3. The summed E-state index contributed by atoms with van der Waals surface area (Å²) in [6, 6.07) is 16.2. The van der Waals surface area contributed by atoms with E-state index in [4.69, 9.17) is 4.74 Å². The molecule has 2 amide bonds. The average Bonchev–Trinajstić information content (AvgIpc) is 3.00. The van der Waals surface area contributed by atoms with E-state index >= 15 is 0 Å². The van der Waals surface area contributed by atoms with Crippen LogP contribution in [0.25, 0.3) is 10.8 Å². The molecule has 2 atom stereocenters. The van der Waals surface area contributed by atoms with Crippen LogP contribution in [0.4, 0.5) is 5.69 Å². The van der Waals surface area contributed by atoms with Gasteiger partial charge in [-0.2, -0.15) is 0 Å². The number of ketones is 1. The molecule has 1 heterocycles. The number of hydrogen-bond acceptors (Lipinski definition) is 5. The Morgan fingerprint density at radius 2 is 1.91 bits per heavy atom. The third-order valence-electron chi connectivity index (χ3n) is 6.72. The van der Waals surface area contributed by atoms with Gasteiger partial charge in [0.1, 0.15) is 11.8 Å². The third-order valence-corrected chi connectivity index (χ3v) is 6.72. The maximum atomic E-state index is 13.8. The number of ether oxygens (including phenoxy) is 1. The third kappa shape index (κ3) is 4.91. The zero-order valence-electron chi connectivity index (χ0n) is 20.6. The topological polar surface area (TPSA) is 87.7 Å². The number of hydrogen-bond donors (Lipinski definition) is 2. The monoisotopic (exact) mass is 473 g/mol. The van der Waals surface area contributed by atoms with Gasteiger partial charge in [0, 0.05) is 16.8 Å². The van der Waals surface area contributed by atoms with Crippen molar-refractivity contribution in [2.45, 2.75) is 45.3 Å². The van der Waals surface area contributed by atoms with Gasteiger partial charge in [-0.25, -0.2) is 0 Å². The van der Waals surface area contributed by atoms with Crippen LogP contribution in [0, 0.1) is 0 Å². The van der Waals surface area contributed by atoms with Crippen LogP contribution in [-0.2, 0) is 22.6 Å². The van der Waals surface area contributed by atoms with Gasteiger partial charge in [0.05, 0.1) is 19.7 Å². The number of amides is 2. The molecule has 35 heavy (non-hydrogen) atoms. The number of carbonyl (C=O) groups excluding carboxylic acids is 3. The van der Waals surface area contributed by atoms with Gasteiger partial charge in [-0.15, -0.1) is 0 Å². The summed E-state index contributed by atoms with van der Waals surface area (Å²) in [5, 5.41) is 7.67. The van der Waals surface area contributed by atoms with Crippen LogP contribution in [0.2, 0.25) is 0 Å². The number of nitrogens with one attached hydrogen (secondary N) is 2. The molecule has 2 N–H and O–H groups in total. The molecule has 3 aromatic carbocycles. The quantitative estimate of drug-likeness (QED) is 0.512. The summed E-state index contributed by atoms with van der Waals surface area (Å²) in [4.78, 5) is 40.1. The Morgan fingerprint density at radius 1 is 1.14 bits per heavy atom. The lowest BCUT2D eigenvalue weighted by molar-refractivity contribution is -0.128. The Hall–Kier alpha value is -3.71. The number of rotatable bonds is 7. The molecule has 7 nitrogen and oxygen atoms in total. The molecule has 182 valence electrons. The second-order valence-electron chi connectivity index (χ2n) is 8.90. The number of para-hydroxylation sites is 1. The van der Waals surface area contributed by atoms with Gasteiger partial charge < -0.3 is 20.3 Å². The molecule has 7 heteroatoms. The fourth-order valence-corrected chi connectivity index (χ4v) is 4.55. The van der Waals surface area contributed by atoms with Crippen molar-refractivity contribution in [1.82, 2.24) is 10.6 Å². The minimum atomic E-state index is -0.643. The van der Waals surface area contributed by atoms with E-state index in [1.165, 1.54) is 0 Å². The number of Topliss-reactive ketones (excluding diaryl/α,β-unsaturated/α-hetero) is 1. The minimum Gasteiger partial charge on any atom is -0.496 e. The van der Waals surface area contributed by atoms with Crippen LogP contribution >= 0.6 is 0 Å². The largest absolute Gasteiger partial charge is 0.496 e. The van der Waals surface area contributed by atoms with Gasteiger partial charge in [0.15, 0.2) is 5.78 Å². The first-order valence-corrected chi connectivity index (χ1v) is 11.8. The summed E-state index contributed by atoms with van der Waals surface area (Å²) in [6.07, 6.45) is 1.19. The molecule has 0 aromatic heterocycles. The first-order chi connectivity index (χ1) is 16.8. The van der Waals surface area contributed by atoms with Crippen LogP contribution in [0.3, 0.4) is 0 Å². The number of nitrogens with zero attached hydrogens (tertiary/aromatic N) is 1. The fourth-order valence-electron chi connectivity index (χ4n) is 4.55. The molecule has 0 bridgehead atoms. The van der Waals surface area contributed by atoms with Gasteiger partial charge >= 0.3 is 0 Å². The van der Waals surface area contributed by atoms with Crippen molar-refractivity contribution in [1.29, 1.82) is 0 Å². The van der Waals surface area contributed by atoms with Crippen molar-refractivity contribution in [2.75, 3.05) is 19.1 Å². The maximum Gasteiger partial charge on any atom is 0.249 e. The van der Waals surface area contributed by atoms with Gasteiger partial charge in [0.2, 0.25) is 11.8 Å². The lowest BCUT2D eigenvalue weighted by Crippen LogP contribution is -2.52. The predicted octanol–water partition coefficient (Wildman–Crippen LogP) is 3.62. The minimum absolute atomic E-state index is 0.00438. The summed E-state index contributed by atoms with van der Waals surface area (Å²) in [6.45, 7) is 3.57. The van der Waals surface area contributed by atoms with Crippen molar-refractivity contribution in [2.24, 2.45) is 0 Å². The number of likely N-dealkylation sites (N-methyl/N-ethyl adjacent to an activating group) is 1. The van der Waals surface area contributed by atoms with E-state index in [-0.39, 0.29) is 24.1 Å². The number of benzene rings is 3. The Kier molecular flexibility index (Phi) is 7.17. The Labute approximate surface area is 205 Å². The average molecular weight is 474 g/mol. The molecule has 1 aliphatic rings. The predicted molar refractivity (Wildman–Crippen MR) is 137 cm³/mol. The van der Waals surface area contributed by atoms with E-state index in [1.54, 1.807) is 39.0 Å². The maximum absolute atomic E-state index is 13.8. The standard InChI is InChI=1S/C28H31N3O4/c1-17(29-3)27(33)30-24-13-10-19-7-5-6-8-25(19)31(28(24)34)16-23-22-12-9-20(18(2)32)15-21(22)11-14-26(23)35-4/h5-9,11-12,14-15,17,24,29H,10,13,16H2,1-4H3,(H,30,33)/t17-,24?/m0/s1. The highest BCUT2D eigenvalue weighted by Gasteiger charge is 2.33. The van der Waals surface area contributed by atoms with E-state index in [1.807, 2.05) is 48.5 Å². The van der Waals surface area contributed by atoms with Crippen molar-refractivity contribution in [3.05, 3.63) is 71.3 Å². The van der Waals surface area contributed by atoms with E-state index in [0.29, 0.717) is 24.2 Å². The smallest absolute Gasteiger partial charge is 0.249 e. The number of fused-ring (bicyclic) bond motifs is 2. The Morgan fingerprint density at radius 3 is 2.63 bits per heavy atom. The second-order valence-corrected chi connectivity index (χ2v) is 8.90. The van der Waals surface area contributed by atoms with Crippen LogP contribution in [0.5, 0.6) is 5.75 Å². The molecule has 0 spiro atoms. The number of anilines is 1. The zero-order chi connectivity index (χ0) is 25.1. The summed E-state index contributed by atoms with van der Waals surface area (Å²) in [7, 11) is 3.32. The van der Waals surface area contributed by atoms with Crippen molar-refractivity contribution >= 4 is 34.1 Å². The van der Waals surface area contributed by atoms with Crippen LogP contribution < -0.4 is 20.3 Å². The molecule has 0 aliphatic carbocycles. The molecule has 1 unspecified atom stereocenters. The first-order valence-electron chi connectivity index (χ1n) is 11.8. The highest BCUT2D eigenvalue weighted by molar-refractivity contribution is 6.02. The first kappa shape index (κ1) is 24.4. The summed E-state index contributed by atoms with van der Waals surface area (Å²) >= 11 is 0. The van der Waals surface area contributed by atoms with Gasteiger partial charge in [-0.05, 0) is 68.3 Å². The van der Waals surface area contributed by atoms with Gasteiger partial charge in [-0.3, -0.25) is 14.4 Å². The Bertz CT molecular complexity index is 1290. The zero-order valence-corrected chi connectivity index (χ0v) is 20.6. The SMILES string of the molecule is CN[C@@H](C)C(=O)NC1CCc2ccccc2N(Cc2c(OC)ccc3cc(C(C)=O)ccc23)C1=O. The number of carbonyl (C=O) groups is 3. The molecular formula is C28H31N3O4. The van der Waals surface area contributed by atoms with Crippen molar-refractivity contribution < 1.29 is 19.1 Å². The van der Waals surface area contributed by atoms with E-state index in [2.05, 4.69) is 10.6 Å². The molecular weight excluding hydrogens is 442 g/mol. The number of aryl methyl sites for hydroxylation is 1. The summed E-state index contributed by atoms with van der Waals surface area (Å²) in [5.41, 5.74) is 3.36. The van der Waals surface area contributed by atoms with Gasteiger partial charge in [-0.1, -0.05) is 36.4 Å². The molecule has 3 aromatic rings. The van der Waals surface area contributed by atoms with Crippen LogP contribution in [-0.4, -0.2) is 43.8 Å². The summed E-state index contributed by atoms with van der Waals surface area (Å²) in [5.74, 6) is 0.282. The molecule has 0 fully saturated rings. The highest BCUT2D eigenvalue weighted by Crippen LogP contribution is 2.34. The lowest BCUT2D eigenvalue weighted by atomic mass is 9.99. The Balaban J connectivity index is 1.78. The molecule has 0 saturated heterocycles. The normalized spacial score (nSPS) is 16.4. The van der Waals surface area contributed by atoms with Gasteiger partial charge in [0.25, 0.3) is 0 Å². The highest BCUT2D eigenvalue weighted by atomic mass is 16.5. The van der Waals surface area contributed by atoms with E-state index < -0.39 is 12.1 Å².